The van der Waals surface area contributed by atoms with Crippen LogP contribution in [0.4, 0.5) is 4.39 Å². The van der Waals surface area contributed by atoms with Crippen molar-refractivity contribution in [2.45, 2.75) is 20.8 Å². The molecule has 0 bridgehead atoms. The van der Waals surface area contributed by atoms with Crippen molar-refractivity contribution >= 4 is 17.5 Å². The highest BCUT2D eigenvalue weighted by Gasteiger charge is 2.19. The SMILES string of the molecule is CC1=CC(=O)C(C(C)C)=C/C1=N/OC(=O)c1cccc(F)c1. The van der Waals surface area contributed by atoms with Crippen LogP contribution in [0.1, 0.15) is 31.1 Å². The Morgan fingerprint density at radius 2 is 2.00 bits per heavy atom. The number of carbonyl (C=O) groups is 2. The van der Waals surface area contributed by atoms with E-state index in [0.717, 1.165) is 6.07 Å². The zero-order valence-corrected chi connectivity index (χ0v) is 12.6. The Hall–Kier alpha value is -2.56. The van der Waals surface area contributed by atoms with Gasteiger partial charge in [0.1, 0.15) is 11.5 Å². The van der Waals surface area contributed by atoms with Crippen molar-refractivity contribution in [1.82, 2.24) is 0 Å². The van der Waals surface area contributed by atoms with Crippen LogP contribution in [0.3, 0.4) is 0 Å². The number of ketones is 1. The molecule has 1 aliphatic rings. The molecule has 0 saturated heterocycles. The van der Waals surface area contributed by atoms with E-state index in [4.69, 9.17) is 4.84 Å². The lowest BCUT2D eigenvalue weighted by atomic mass is 9.90. The summed E-state index contributed by atoms with van der Waals surface area (Å²) in [6.45, 7) is 5.50. The largest absolute Gasteiger partial charge is 0.365 e. The highest BCUT2D eigenvalue weighted by atomic mass is 19.1. The van der Waals surface area contributed by atoms with Gasteiger partial charge in [0.2, 0.25) is 0 Å². The van der Waals surface area contributed by atoms with Crippen molar-refractivity contribution < 1.29 is 18.8 Å². The van der Waals surface area contributed by atoms with Crippen LogP contribution in [0.25, 0.3) is 0 Å². The molecule has 0 atom stereocenters. The maximum Gasteiger partial charge on any atom is 0.365 e. The lowest BCUT2D eigenvalue weighted by molar-refractivity contribution is -0.111. The molecule has 22 heavy (non-hydrogen) atoms. The van der Waals surface area contributed by atoms with Gasteiger partial charge in [0.05, 0.1) is 5.56 Å². The van der Waals surface area contributed by atoms with E-state index in [1.54, 1.807) is 13.0 Å². The molecule has 1 aromatic carbocycles. The van der Waals surface area contributed by atoms with Crippen LogP contribution >= 0.6 is 0 Å². The number of benzene rings is 1. The summed E-state index contributed by atoms with van der Waals surface area (Å²) in [6.07, 6.45) is 3.07. The van der Waals surface area contributed by atoms with Crippen molar-refractivity contribution in [3.05, 3.63) is 58.9 Å². The van der Waals surface area contributed by atoms with Crippen LogP contribution in [-0.2, 0) is 9.63 Å². The first kappa shape index (κ1) is 15.8. The van der Waals surface area contributed by atoms with Gasteiger partial charge in [0.25, 0.3) is 0 Å². The standard InChI is InChI=1S/C17H16FNO3/c1-10(2)14-9-15(11(3)7-16(14)20)19-22-17(21)12-5-4-6-13(18)8-12/h4-10H,1-3H3/b19-15-. The fraction of sp³-hybridized carbons (Fsp3) is 0.235. The number of rotatable bonds is 3. The van der Waals surface area contributed by atoms with Crippen LogP contribution in [0.2, 0.25) is 0 Å². The van der Waals surface area contributed by atoms with Crippen LogP contribution < -0.4 is 0 Å². The number of hydrogen-bond donors (Lipinski definition) is 0. The van der Waals surface area contributed by atoms with E-state index in [1.807, 2.05) is 13.8 Å². The van der Waals surface area contributed by atoms with Gasteiger partial charge >= 0.3 is 5.97 Å². The van der Waals surface area contributed by atoms with Gasteiger partial charge in [0, 0.05) is 5.57 Å². The average Bonchev–Trinajstić information content (AvgIpc) is 2.45. The fourth-order valence-electron chi connectivity index (χ4n) is 1.99. The topological polar surface area (TPSA) is 55.7 Å². The minimum atomic E-state index is -0.754. The monoisotopic (exact) mass is 301 g/mol. The summed E-state index contributed by atoms with van der Waals surface area (Å²) in [5.41, 5.74) is 1.70. The molecule has 0 aliphatic heterocycles. The first-order valence-corrected chi connectivity index (χ1v) is 6.88. The summed E-state index contributed by atoms with van der Waals surface area (Å²) in [6, 6.07) is 5.17. The van der Waals surface area contributed by atoms with Gasteiger partial charge in [-0.2, -0.15) is 0 Å². The number of oxime groups is 1. The summed E-state index contributed by atoms with van der Waals surface area (Å²) in [5, 5.41) is 3.79. The first-order valence-electron chi connectivity index (χ1n) is 6.88. The molecule has 0 amide bonds. The zero-order valence-electron chi connectivity index (χ0n) is 12.6. The second-order valence-corrected chi connectivity index (χ2v) is 5.31. The van der Waals surface area contributed by atoms with Gasteiger partial charge in [-0.1, -0.05) is 25.1 Å². The normalized spacial score (nSPS) is 16.6. The Bertz CT molecular complexity index is 714. The zero-order chi connectivity index (χ0) is 16.3. The highest BCUT2D eigenvalue weighted by molar-refractivity contribution is 6.21. The fourth-order valence-corrected chi connectivity index (χ4v) is 1.99. The summed E-state index contributed by atoms with van der Waals surface area (Å²) in [5.74, 6) is -1.30. The molecule has 114 valence electrons. The van der Waals surface area contributed by atoms with Gasteiger partial charge in [0.15, 0.2) is 5.78 Å². The third kappa shape index (κ3) is 3.55. The number of hydrogen-bond acceptors (Lipinski definition) is 4. The molecule has 0 N–H and O–H groups in total. The van der Waals surface area contributed by atoms with Gasteiger partial charge in [-0.05, 0) is 48.8 Å². The quantitative estimate of drug-likeness (QED) is 0.488. The van der Waals surface area contributed by atoms with E-state index in [1.165, 1.54) is 24.3 Å². The molecule has 1 aliphatic carbocycles. The molecule has 0 unspecified atom stereocenters. The Balaban J connectivity index is 2.20. The number of allylic oxidation sites excluding steroid dienone is 4. The molecular weight excluding hydrogens is 285 g/mol. The van der Waals surface area contributed by atoms with Crippen LogP contribution in [-0.4, -0.2) is 17.5 Å². The van der Waals surface area contributed by atoms with Crippen molar-refractivity contribution in [1.29, 1.82) is 0 Å². The lowest BCUT2D eigenvalue weighted by Gasteiger charge is -2.14. The van der Waals surface area contributed by atoms with E-state index >= 15 is 0 Å². The van der Waals surface area contributed by atoms with Gasteiger partial charge in [-0.15, -0.1) is 0 Å². The van der Waals surface area contributed by atoms with E-state index in [0.29, 0.717) is 16.9 Å². The third-order valence-corrected chi connectivity index (χ3v) is 3.24. The summed E-state index contributed by atoms with van der Waals surface area (Å²) in [7, 11) is 0. The Labute approximate surface area is 128 Å². The van der Waals surface area contributed by atoms with Gasteiger partial charge in [-0.3, -0.25) is 4.79 Å². The molecule has 0 aromatic heterocycles. The highest BCUT2D eigenvalue weighted by Crippen LogP contribution is 2.19. The molecule has 0 saturated carbocycles. The van der Waals surface area contributed by atoms with E-state index < -0.39 is 11.8 Å². The molecule has 0 spiro atoms. The van der Waals surface area contributed by atoms with E-state index in [-0.39, 0.29) is 17.3 Å². The minimum absolute atomic E-state index is 0.0426. The number of carbonyl (C=O) groups excluding carboxylic acids is 2. The van der Waals surface area contributed by atoms with E-state index in [9.17, 15) is 14.0 Å². The van der Waals surface area contributed by atoms with Crippen molar-refractivity contribution in [2.75, 3.05) is 0 Å². The van der Waals surface area contributed by atoms with E-state index in [2.05, 4.69) is 5.16 Å². The molecular formula is C17H16FNO3. The Morgan fingerprint density at radius 3 is 2.64 bits per heavy atom. The summed E-state index contributed by atoms with van der Waals surface area (Å²) >= 11 is 0. The van der Waals surface area contributed by atoms with Crippen molar-refractivity contribution in [2.24, 2.45) is 11.1 Å². The Morgan fingerprint density at radius 1 is 1.27 bits per heavy atom. The predicted octanol–water partition coefficient (Wildman–Crippen LogP) is 3.45. The second kappa shape index (κ2) is 6.47. The maximum atomic E-state index is 13.1. The molecule has 2 rings (SSSR count). The lowest BCUT2D eigenvalue weighted by Crippen LogP contribution is -2.16. The van der Waals surface area contributed by atoms with Gasteiger partial charge in [-0.25, -0.2) is 9.18 Å². The third-order valence-electron chi connectivity index (χ3n) is 3.24. The molecule has 4 nitrogen and oxygen atoms in total. The average molecular weight is 301 g/mol. The maximum absolute atomic E-state index is 13.1. The summed E-state index contributed by atoms with van der Waals surface area (Å²) < 4.78 is 13.1. The smallest absolute Gasteiger partial charge is 0.312 e. The predicted molar refractivity (Wildman–Crippen MR) is 80.9 cm³/mol. The van der Waals surface area contributed by atoms with Gasteiger partial charge < -0.3 is 4.84 Å². The van der Waals surface area contributed by atoms with Crippen LogP contribution in [0.5, 0.6) is 0 Å². The summed E-state index contributed by atoms with van der Waals surface area (Å²) in [4.78, 5) is 28.5. The van der Waals surface area contributed by atoms with Crippen LogP contribution in [0, 0.1) is 11.7 Å². The molecule has 5 heteroatoms. The molecule has 0 fully saturated rings. The molecule has 1 aromatic rings. The Kier molecular flexibility index (Phi) is 4.65. The molecule has 0 radical (unpaired) electrons. The van der Waals surface area contributed by atoms with Crippen molar-refractivity contribution in [3.63, 3.8) is 0 Å². The minimum Gasteiger partial charge on any atom is -0.312 e. The number of nitrogens with zero attached hydrogens (tertiary/aromatic N) is 1. The second-order valence-electron chi connectivity index (χ2n) is 5.31. The van der Waals surface area contributed by atoms with Crippen molar-refractivity contribution in [3.8, 4) is 0 Å². The van der Waals surface area contributed by atoms with Crippen LogP contribution in [0.15, 0.2) is 52.7 Å². The first-order chi connectivity index (χ1) is 10.4. The molecule has 0 heterocycles. The number of halogens is 1.